The van der Waals surface area contributed by atoms with Gasteiger partial charge >= 0.3 is 43.7 Å². The zero-order valence-electron chi connectivity index (χ0n) is 7.83. The second kappa shape index (κ2) is 3.64. The van der Waals surface area contributed by atoms with Crippen LogP contribution in [0.3, 0.4) is 0 Å². The Morgan fingerprint density at radius 2 is 1.36 bits per heavy atom. The van der Waals surface area contributed by atoms with Crippen molar-refractivity contribution in [3.05, 3.63) is 0 Å². The zero-order valence-corrected chi connectivity index (χ0v) is 7.83. The standard InChI is InChI=1S/C11H16O2.Ca.2H/c12-10(13)11-4-7-1-8(5-11)3-9(2-7)6-11;;;/h7-9H,1-6H2,(H,12,13);;;. The van der Waals surface area contributed by atoms with Crippen LogP contribution < -0.4 is 0 Å². The molecule has 4 bridgehead atoms. The van der Waals surface area contributed by atoms with Gasteiger partial charge in [0.15, 0.2) is 0 Å². The van der Waals surface area contributed by atoms with Crippen molar-refractivity contribution in [2.45, 2.75) is 38.5 Å². The van der Waals surface area contributed by atoms with Crippen molar-refractivity contribution in [3.63, 3.8) is 0 Å². The molecule has 0 radical (unpaired) electrons. The molecule has 0 saturated heterocycles. The average Bonchev–Trinajstić information content (AvgIpc) is 2.00. The van der Waals surface area contributed by atoms with Crippen molar-refractivity contribution in [1.82, 2.24) is 0 Å². The van der Waals surface area contributed by atoms with Gasteiger partial charge in [0.2, 0.25) is 0 Å². The molecule has 0 unspecified atom stereocenters. The van der Waals surface area contributed by atoms with Crippen LogP contribution in [0.25, 0.3) is 0 Å². The molecule has 76 valence electrons. The minimum atomic E-state index is -0.508. The number of rotatable bonds is 1. The molecule has 3 heteroatoms. The third kappa shape index (κ3) is 1.54. The fraction of sp³-hybridized carbons (Fsp3) is 0.909. The van der Waals surface area contributed by atoms with E-state index < -0.39 is 5.97 Å². The molecule has 4 fully saturated rings. The van der Waals surface area contributed by atoms with Crippen molar-refractivity contribution >= 4 is 43.7 Å². The van der Waals surface area contributed by atoms with Crippen LogP contribution in [0.5, 0.6) is 0 Å². The summed E-state index contributed by atoms with van der Waals surface area (Å²) in [4.78, 5) is 11.3. The van der Waals surface area contributed by atoms with Crippen molar-refractivity contribution in [2.24, 2.45) is 23.2 Å². The normalized spacial score (nSPS) is 48.7. The molecule has 4 saturated carbocycles. The summed E-state index contributed by atoms with van der Waals surface area (Å²) in [5, 5.41) is 9.28. The van der Waals surface area contributed by atoms with Crippen LogP contribution in [0.4, 0.5) is 0 Å². The van der Waals surface area contributed by atoms with E-state index in [2.05, 4.69) is 0 Å². The number of hydrogen-bond acceptors (Lipinski definition) is 1. The number of aliphatic carboxylic acids is 1. The Bertz CT molecular complexity index is 227. The first-order valence-corrected chi connectivity index (χ1v) is 5.41. The van der Waals surface area contributed by atoms with Crippen LogP contribution in [0.15, 0.2) is 0 Å². The summed E-state index contributed by atoms with van der Waals surface area (Å²) in [6.45, 7) is 0. The van der Waals surface area contributed by atoms with E-state index in [1.165, 1.54) is 19.3 Å². The number of carbonyl (C=O) groups is 1. The maximum absolute atomic E-state index is 11.3. The van der Waals surface area contributed by atoms with Gasteiger partial charge < -0.3 is 5.11 Å². The van der Waals surface area contributed by atoms with Crippen LogP contribution in [0.1, 0.15) is 38.5 Å². The number of carboxylic acids is 1. The molecule has 1 N–H and O–H groups in total. The second-order valence-corrected chi connectivity index (χ2v) is 5.50. The van der Waals surface area contributed by atoms with Gasteiger partial charge in [-0.25, -0.2) is 0 Å². The molecule has 0 heterocycles. The monoisotopic (exact) mass is 222 g/mol. The minimum absolute atomic E-state index is 0. The summed E-state index contributed by atoms with van der Waals surface area (Å²) in [5.74, 6) is 1.75. The molecular formula is C11H18CaO2. The molecule has 4 aliphatic carbocycles. The molecule has 0 amide bonds. The predicted molar refractivity (Wildman–Crippen MR) is 56.8 cm³/mol. The summed E-state index contributed by atoms with van der Waals surface area (Å²) in [6, 6.07) is 0. The van der Waals surface area contributed by atoms with Gasteiger partial charge in [-0.15, -0.1) is 0 Å². The quantitative estimate of drug-likeness (QED) is 0.680. The Morgan fingerprint density at radius 1 is 1.00 bits per heavy atom. The Labute approximate surface area is 114 Å². The fourth-order valence-corrected chi connectivity index (χ4v) is 4.37. The van der Waals surface area contributed by atoms with Crippen LogP contribution in [0, 0.1) is 23.2 Å². The first-order chi connectivity index (χ1) is 6.18. The summed E-state index contributed by atoms with van der Waals surface area (Å²) in [5.41, 5.74) is -0.283. The molecule has 0 aromatic heterocycles. The van der Waals surface area contributed by atoms with Gasteiger partial charge in [-0.2, -0.15) is 0 Å². The third-order valence-corrected chi connectivity index (χ3v) is 4.49. The van der Waals surface area contributed by atoms with Crippen LogP contribution in [-0.4, -0.2) is 48.8 Å². The summed E-state index contributed by atoms with van der Waals surface area (Å²) < 4.78 is 0. The molecule has 0 aliphatic heterocycles. The predicted octanol–water partition coefficient (Wildman–Crippen LogP) is 1.37. The summed E-state index contributed by atoms with van der Waals surface area (Å²) >= 11 is 0. The number of hydrogen-bond donors (Lipinski definition) is 1. The van der Waals surface area contributed by atoms with Gasteiger partial charge in [0.25, 0.3) is 0 Å². The molecule has 0 spiro atoms. The topological polar surface area (TPSA) is 37.3 Å². The molecular weight excluding hydrogens is 204 g/mol. The number of carboxylic acid groups (broad SMARTS) is 1. The first kappa shape index (κ1) is 11.2. The van der Waals surface area contributed by atoms with E-state index in [1.54, 1.807) is 0 Å². The van der Waals surface area contributed by atoms with E-state index in [1.807, 2.05) is 0 Å². The third-order valence-electron chi connectivity index (χ3n) is 4.49. The molecule has 0 atom stereocenters. The van der Waals surface area contributed by atoms with Gasteiger partial charge in [-0.05, 0) is 56.3 Å². The summed E-state index contributed by atoms with van der Waals surface area (Å²) in [7, 11) is 0. The van der Waals surface area contributed by atoms with Gasteiger partial charge in [0.1, 0.15) is 0 Å². The maximum atomic E-state index is 11.3. The van der Waals surface area contributed by atoms with Gasteiger partial charge in [0.05, 0.1) is 5.41 Å². The van der Waals surface area contributed by atoms with Crippen LogP contribution in [-0.2, 0) is 4.79 Å². The second-order valence-electron chi connectivity index (χ2n) is 5.50. The fourth-order valence-electron chi connectivity index (χ4n) is 4.37. The van der Waals surface area contributed by atoms with Gasteiger partial charge in [-0.1, -0.05) is 0 Å². The van der Waals surface area contributed by atoms with Crippen molar-refractivity contribution < 1.29 is 9.90 Å². The molecule has 2 nitrogen and oxygen atoms in total. The Morgan fingerprint density at radius 3 is 1.64 bits per heavy atom. The zero-order chi connectivity index (χ0) is 9.05. The molecule has 0 aromatic rings. The average molecular weight is 222 g/mol. The van der Waals surface area contributed by atoms with Crippen LogP contribution in [0.2, 0.25) is 0 Å². The Kier molecular flexibility index (Phi) is 2.92. The van der Waals surface area contributed by atoms with Crippen LogP contribution >= 0.6 is 0 Å². The SMILES string of the molecule is O=C(O)C12CC3CC(CC(C3)C1)C2.[CaH2]. The van der Waals surface area contributed by atoms with Crippen molar-refractivity contribution in [1.29, 1.82) is 0 Å². The first-order valence-electron chi connectivity index (χ1n) is 5.41. The van der Waals surface area contributed by atoms with Crippen molar-refractivity contribution in [2.75, 3.05) is 0 Å². The summed E-state index contributed by atoms with van der Waals surface area (Å²) in [6.07, 6.45) is 6.92. The molecule has 14 heavy (non-hydrogen) atoms. The van der Waals surface area contributed by atoms with Gasteiger partial charge in [0, 0.05) is 0 Å². The Balaban J connectivity index is 0.000000750. The van der Waals surface area contributed by atoms with E-state index in [4.69, 9.17) is 0 Å². The van der Waals surface area contributed by atoms with E-state index in [0.717, 1.165) is 37.0 Å². The van der Waals surface area contributed by atoms with Crippen molar-refractivity contribution in [3.8, 4) is 0 Å². The molecule has 0 aromatic carbocycles. The van der Waals surface area contributed by atoms with E-state index in [0.29, 0.717) is 0 Å². The van der Waals surface area contributed by atoms with Gasteiger partial charge in [-0.3, -0.25) is 4.79 Å². The Hall–Kier alpha value is 0.730. The molecule has 4 rings (SSSR count). The van der Waals surface area contributed by atoms with E-state index >= 15 is 0 Å². The van der Waals surface area contributed by atoms with E-state index in [-0.39, 0.29) is 43.2 Å². The van der Waals surface area contributed by atoms with E-state index in [9.17, 15) is 9.90 Å². The molecule has 4 aliphatic rings.